The fourth-order valence-corrected chi connectivity index (χ4v) is 1.56. The van der Waals surface area contributed by atoms with Crippen LogP contribution < -0.4 is 0 Å². The van der Waals surface area contributed by atoms with Crippen molar-refractivity contribution in [1.29, 1.82) is 0 Å². The summed E-state index contributed by atoms with van der Waals surface area (Å²) in [4.78, 5) is 10.2. The van der Waals surface area contributed by atoms with Gasteiger partial charge < -0.3 is 10.2 Å². The van der Waals surface area contributed by atoms with Crippen LogP contribution in [0.1, 0.15) is 32.1 Å². The van der Waals surface area contributed by atoms with Gasteiger partial charge in [0.25, 0.3) is 0 Å². The van der Waals surface area contributed by atoms with Crippen molar-refractivity contribution in [3.8, 4) is 0 Å². The summed E-state index contributed by atoms with van der Waals surface area (Å²) in [5.74, 6) is -0.992. The van der Waals surface area contributed by atoms with Crippen LogP contribution in [0.2, 0.25) is 0 Å². The first-order valence-corrected chi connectivity index (χ1v) is 4.27. The Kier molecular flexibility index (Phi) is 2.87. The average Bonchev–Trinajstić information content (AvgIpc) is 2.03. The van der Waals surface area contributed by atoms with Gasteiger partial charge in [-0.2, -0.15) is 0 Å². The summed E-state index contributed by atoms with van der Waals surface area (Å²) >= 11 is 0. The quantitative estimate of drug-likeness (QED) is 0.614. The van der Waals surface area contributed by atoms with Gasteiger partial charge in [-0.25, -0.2) is 4.79 Å². The van der Waals surface area contributed by atoms with Crippen LogP contribution in [0.3, 0.4) is 0 Å². The van der Waals surface area contributed by atoms with Crippen LogP contribution in [0.5, 0.6) is 0 Å². The summed E-state index contributed by atoms with van der Waals surface area (Å²) in [6, 6.07) is 0. The highest BCUT2D eigenvalue weighted by molar-refractivity contribution is 5.79. The van der Waals surface area contributed by atoms with Crippen molar-refractivity contribution in [3.63, 3.8) is 0 Å². The molecule has 0 aromatic carbocycles. The summed E-state index contributed by atoms with van der Waals surface area (Å²) in [6.45, 7) is 0. The third kappa shape index (κ3) is 2.66. The maximum atomic E-state index is 10.2. The zero-order valence-corrected chi connectivity index (χ0v) is 6.99. The van der Waals surface area contributed by atoms with Crippen LogP contribution in [0, 0.1) is 0 Å². The van der Waals surface area contributed by atoms with Crippen LogP contribution in [0.4, 0.5) is 0 Å². The standard InChI is InChI=1S/C9H14O3/c10-8(11)4-7-9(12)5-2-1-3-6-9/h4,7,12H,1-3,5-6H2,(H,10,11)/b7-4+. The molecule has 68 valence electrons. The van der Waals surface area contributed by atoms with Crippen molar-refractivity contribution in [1.82, 2.24) is 0 Å². The molecule has 1 aliphatic carbocycles. The monoisotopic (exact) mass is 170 g/mol. The van der Waals surface area contributed by atoms with Crippen molar-refractivity contribution in [2.75, 3.05) is 0 Å². The smallest absolute Gasteiger partial charge is 0.328 e. The Morgan fingerprint density at radius 1 is 1.25 bits per heavy atom. The third-order valence-corrected chi connectivity index (χ3v) is 2.26. The number of carboxylic acids is 1. The first-order chi connectivity index (χ1) is 5.62. The molecule has 1 saturated carbocycles. The van der Waals surface area contributed by atoms with Crippen LogP contribution >= 0.6 is 0 Å². The van der Waals surface area contributed by atoms with E-state index in [2.05, 4.69) is 0 Å². The van der Waals surface area contributed by atoms with E-state index in [-0.39, 0.29) is 0 Å². The number of aliphatic carboxylic acids is 1. The third-order valence-electron chi connectivity index (χ3n) is 2.26. The lowest BCUT2D eigenvalue weighted by atomic mass is 9.85. The van der Waals surface area contributed by atoms with E-state index in [0.29, 0.717) is 12.8 Å². The van der Waals surface area contributed by atoms with Crippen LogP contribution in [0.15, 0.2) is 12.2 Å². The van der Waals surface area contributed by atoms with Gasteiger partial charge in [0.2, 0.25) is 0 Å². The number of rotatable bonds is 2. The molecule has 0 aromatic rings. The van der Waals surface area contributed by atoms with Gasteiger partial charge in [-0.15, -0.1) is 0 Å². The zero-order chi connectivity index (χ0) is 9.03. The number of hydrogen-bond acceptors (Lipinski definition) is 2. The normalized spacial score (nSPS) is 22.8. The number of aliphatic hydroxyl groups is 1. The summed E-state index contributed by atoms with van der Waals surface area (Å²) in [5, 5.41) is 18.1. The molecule has 3 nitrogen and oxygen atoms in total. The molecule has 0 aliphatic heterocycles. The lowest BCUT2D eigenvalue weighted by Gasteiger charge is -2.28. The molecule has 3 heteroatoms. The summed E-state index contributed by atoms with van der Waals surface area (Å²) < 4.78 is 0. The van der Waals surface area contributed by atoms with Crippen molar-refractivity contribution in [3.05, 3.63) is 12.2 Å². The van der Waals surface area contributed by atoms with Crippen LogP contribution in [-0.4, -0.2) is 21.8 Å². The van der Waals surface area contributed by atoms with E-state index >= 15 is 0 Å². The second-order valence-electron chi connectivity index (χ2n) is 3.34. The van der Waals surface area contributed by atoms with Crippen molar-refractivity contribution in [2.24, 2.45) is 0 Å². The fourth-order valence-electron chi connectivity index (χ4n) is 1.56. The second-order valence-corrected chi connectivity index (χ2v) is 3.34. The molecule has 1 fully saturated rings. The fraction of sp³-hybridized carbons (Fsp3) is 0.667. The first kappa shape index (κ1) is 9.26. The minimum atomic E-state index is -0.992. The van der Waals surface area contributed by atoms with E-state index in [0.717, 1.165) is 25.3 Å². The lowest BCUT2D eigenvalue weighted by Crippen LogP contribution is -2.28. The molecule has 0 bridgehead atoms. The Morgan fingerprint density at radius 3 is 2.33 bits per heavy atom. The van der Waals surface area contributed by atoms with Gasteiger partial charge in [-0.05, 0) is 18.9 Å². The Labute approximate surface area is 71.7 Å². The van der Waals surface area contributed by atoms with E-state index in [9.17, 15) is 9.90 Å². The average molecular weight is 170 g/mol. The largest absolute Gasteiger partial charge is 0.478 e. The van der Waals surface area contributed by atoms with Crippen molar-refractivity contribution < 1.29 is 15.0 Å². The minimum Gasteiger partial charge on any atom is -0.478 e. The highest BCUT2D eigenvalue weighted by Crippen LogP contribution is 2.28. The second kappa shape index (κ2) is 3.72. The highest BCUT2D eigenvalue weighted by atomic mass is 16.4. The Balaban J connectivity index is 2.52. The molecule has 2 N–H and O–H groups in total. The maximum absolute atomic E-state index is 10.2. The van der Waals surface area contributed by atoms with Gasteiger partial charge in [-0.1, -0.05) is 19.3 Å². The van der Waals surface area contributed by atoms with Gasteiger partial charge in [0.1, 0.15) is 0 Å². The molecule has 1 aliphatic rings. The minimum absolute atomic E-state index is 0.691. The molecule has 0 heterocycles. The van der Waals surface area contributed by atoms with Gasteiger partial charge in [-0.3, -0.25) is 0 Å². The van der Waals surface area contributed by atoms with Gasteiger partial charge in [0.15, 0.2) is 0 Å². The number of carboxylic acid groups (broad SMARTS) is 1. The Hall–Kier alpha value is -0.830. The molecule has 0 radical (unpaired) electrons. The Morgan fingerprint density at radius 2 is 1.83 bits per heavy atom. The molecule has 1 rings (SSSR count). The molecule has 12 heavy (non-hydrogen) atoms. The van der Waals surface area contributed by atoms with Crippen molar-refractivity contribution in [2.45, 2.75) is 37.7 Å². The maximum Gasteiger partial charge on any atom is 0.328 e. The van der Waals surface area contributed by atoms with E-state index in [1.54, 1.807) is 0 Å². The van der Waals surface area contributed by atoms with E-state index in [1.807, 2.05) is 0 Å². The zero-order valence-electron chi connectivity index (χ0n) is 6.99. The van der Waals surface area contributed by atoms with Gasteiger partial charge in [0, 0.05) is 6.08 Å². The van der Waals surface area contributed by atoms with Crippen LogP contribution in [0.25, 0.3) is 0 Å². The Bertz CT molecular complexity index is 190. The van der Waals surface area contributed by atoms with Crippen molar-refractivity contribution >= 4 is 5.97 Å². The van der Waals surface area contributed by atoms with E-state index in [4.69, 9.17) is 5.11 Å². The highest BCUT2D eigenvalue weighted by Gasteiger charge is 2.25. The molecule has 0 spiro atoms. The number of hydrogen-bond donors (Lipinski definition) is 2. The van der Waals surface area contributed by atoms with E-state index < -0.39 is 11.6 Å². The van der Waals surface area contributed by atoms with Crippen LogP contribution in [-0.2, 0) is 4.79 Å². The predicted molar refractivity (Wildman–Crippen MR) is 44.8 cm³/mol. The molecule has 0 saturated heterocycles. The first-order valence-electron chi connectivity index (χ1n) is 4.27. The molecule has 0 unspecified atom stereocenters. The lowest BCUT2D eigenvalue weighted by molar-refractivity contribution is -0.131. The summed E-state index contributed by atoms with van der Waals surface area (Å²) in [6.07, 6.45) is 6.94. The summed E-state index contributed by atoms with van der Waals surface area (Å²) in [7, 11) is 0. The molecular weight excluding hydrogens is 156 g/mol. The van der Waals surface area contributed by atoms with Gasteiger partial charge in [0.05, 0.1) is 5.60 Å². The van der Waals surface area contributed by atoms with E-state index in [1.165, 1.54) is 6.08 Å². The molecule has 0 aromatic heterocycles. The predicted octanol–water partition coefficient (Wildman–Crippen LogP) is 1.32. The SMILES string of the molecule is O=C(O)/C=C/C1(O)CCCCC1. The topological polar surface area (TPSA) is 57.5 Å². The molecular formula is C9H14O3. The van der Waals surface area contributed by atoms with Gasteiger partial charge >= 0.3 is 5.97 Å². The summed E-state index contributed by atoms with van der Waals surface area (Å²) in [5.41, 5.74) is -0.851. The molecule has 0 amide bonds. The molecule has 0 atom stereocenters. The number of carbonyl (C=O) groups is 1.